The first-order valence-electron chi connectivity index (χ1n) is 5.73. The maximum atomic E-state index is 11.4. The zero-order valence-electron chi connectivity index (χ0n) is 9.95. The van der Waals surface area contributed by atoms with E-state index in [1.807, 2.05) is 0 Å². The number of rotatable bonds is 6. The van der Waals surface area contributed by atoms with Gasteiger partial charge in [-0.3, -0.25) is 4.90 Å². The molecule has 0 bridgehead atoms. The fourth-order valence-corrected chi connectivity index (χ4v) is 3.10. The standard InChI is InChI=1S/C10H21BrN2O2S/c1-9(2)10(13-5-3-4-6-13)7-12-16(14,15)8-11/h9-10,12H,3-8H2,1-2H3. The fourth-order valence-electron chi connectivity index (χ4n) is 2.11. The Bertz CT molecular complexity index is 300. The predicted octanol–water partition coefficient (Wildman–Crippen LogP) is 1.38. The lowest BCUT2D eigenvalue weighted by molar-refractivity contribution is 0.193. The highest BCUT2D eigenvalue weighted by Crippen LogP contribution is 2.17. The van der Waals surface area contributed by atoms with Gasteiger partial charge in [-0.25, -0.2) is 13.1 Å². The summed E-state index contributed by atoms with van der Waals surface area (Å²) in [6, 6.07) is 0.316. The van der Waals surface area contributed by atoms with E-state index < -0.39 is 10.0 Å². The Kier molecular flexibility index (Phi) is 5.70. The minimum absolute atomic E-state index is 0.0230. The van der Waals surface area contributed by atoms with Crippen molar-refractivity contribution in [2.24, 2.45) is 5.92 Å². The number of halogens is 1. The second kappa shape index (κ2) is 6.33. The highest BCUT2D eigenvalue weighted by Gasteiger charge is 2.25. The molecule has 96 valence electrons. The van der Waals surface area contributed by atoms with Gasteiger partial charge >= 0.3 is 0 Å². The van der Waals surface area contributed by atoms with Crippen LogP contribution >= 0.6 is 15.9 Å². The summed E-state index contributed by atoms with van der Waals surface area (Å²) >= 11 is 2.98. The Morgan fingerprint density at radius 3 is 2.31 bits per heavy atom. The second-order valence-corrected chi connectivity index (χ2v) is 7.74. The summed E-state index contributed by atoms with van der Waals surface area (Å²) in [6.45, 7) is 7.00. The molecule has 1 unspecified atom stereocenters. The number of nitrogens with one attached hydrogen (secondary N) is 1. The predicted molar refractivity (Wildman–Crippen MR) is 70.1 cm³/mol. The quantitative estimate of drug-likeness (QED) is 0.754. The number of alkyl halides is 1. The van der Waals surface area contributed by atoms with Crippen LogP contribution in [-0.4, -0.2) is 43.7 Å². The van der Waals surface area contributed by atoms with Gasteiger partial charge in [-0.15, -0.1) is 0 Å². The summed E-state index contributed by atoms with van der Waals surface area (Å²) < 4.78 is 25.4. The molecule has 4 nitrogen and oxygen atoms in total. The lowest BCUT2D eigenvalue weighted by atomic mass is 10.0. The van der Waals surface area contributed by atoms with E-state index in [9.17, 15) is 8.42 Å². The molecule has 0 saturated carbocycles. The summed E-state index contributed by atoms with van der Waals surface area (Å²) in [7, 11) is -3.14. The van der Waals surface area contributed by atoms with E-state index in [1.54, 1.807) is 0 Å². The summed E-state index contributed by atoms with van der Waals surface area (Å²) in [5, 5.41) is 0. The molecule has 0 aromatic heterocycles. The number of hydrogen-bond donors (Lipinski definition) is 1. The number of nitrogens with zero attached hydrogens (tertiary/aromatic N) is 1. The summed E-state index contributed by atoms with van der Waals surface area (Å²) in [5.74, 6) is 0.469. The number of hydrogen-bond acceptors (Lipinski definition) is 3. The Morgan fingerprint density at radius 2 is 1.88 bits per heavy atom. The molecule has 0 aromatic carbocycles. The molecular weight excluding hydrogens is 292 g/mol. The van der Waals surface area contributed by atoms with Gasteiger partial charge in [0.05, 0.1) is 0 Å². The molecule has 0 spiro atoms. The highest BCUT2D eigenvalue weighted by atomic mass is 79.9. The first-order valence-corrected chi connectivity index (χ1v) is 8.51. The van der Waals surface area contributed by atoms with Gasteiger partial charge in [-0.2, -0.15) is 0 Å². The molecule has 1 aliphatic heterocycles. The maximum Gasteiger partial charge on any atom is 0.221 e. The van der Waals surface area contributed by atoms with Crippen LogP contribution in [0, 0.1) is 5.92 Å². The van der Waals surface area contributed by atoms with Gasteiger partial charge in [-0.1, -0.05) is 29.8 Å². The normalized spacial score (nSPS) is 20.5. The molecule has 16 heavy (non-hydrogen) atoms. The third-order valence-corrected chi connectivity index (χ3v) is 5.74. The van der Waals surface area contributed by atoms with E-state index in [-0.39, 0.29) is 4.66 Å². The second-order valence-electron chi connectivity index (χ2n) is 4.63. The number of likely N-dealkylation sites (tertiary alicyclic amines) is 1. The van der Waals surface area contributed by atoms with Crippen LogP contribution in [-0.2, 0) is 10.0 Å². The molecule has 1 atom stereocenters. The van der Waals surface area contributed by atoms with Gasteiger partial charge in [0.1, 0.15) is 4.66 Å². The molecule has 1 rings (SSSR count). The zero-order chi connectivity index (χ0) is 12.2. The van der Waals surface area contributed by atoms with Gasteiger partial charge in [0.2, 0.25) is 10.0 Å². The van der Waals surface area contributed by atoms with Crippen LogP contribution in [0.4, 0.5) is 0 Å². The lowest BCUT2D eigenvalue weighted by Crippen LogP contribution is -2.45. The van der Waals surface area contributed by atoms with Gasteiger partial charge < -0.3 is 0 Å². The van der Waals surface area contributed by atoms with Crippen molar-refractivity contribution >= 4 is 26.0 Å². The molecule has 6 heteroatoms. The van der Waals surface area contributed by atoms with Crippen LogP contribution in [0.5, 0.6) is 0 Å². The Morgan fingerprint density at radius 1 is 1.31 bits per heavy atom. The van der Waals surface area contributed by atoms with E-state index in [0.717, 1.165) is 13.1 Å². The molecule has 1 N–H and O–H groups in total. The molecule has 0 aliphatic carbocycles. The SMILES string of the molecule is CC(C)C(CNS(=O)(=O)CBr)N1CCCC1. The Hall–Kier alpha value is 0.350. The minimum atomic E-state index is -3.14. The van der Waals surface area contributed by atoms with Gasteiger partial charge in [0.25, 0.3) is 0 Å². The van der Waals surface area contributed by atoms with Crippen molar-refractivity contribution in [2.45, 2.75) is 32.7 Å². The number of sulfonamides is 1. The molecular formula is C10H21BrN2O2S. The van der Waals surface area contributed by atoms with E-state index in [4.69, 9.17) is 0 Å². The Labute approximate surface area is 107 Å². The molecule has 1 aliphatic rings. The van der Waals surface area contributed by atoms with Gasteiger partial charge in [0.15, 0.2) is 0 Å². The summed E-state index contributed by atoms with van der Waals surface area (Å²) in [5.41, 5.74) is 0. The van der Waals surface area contributed by atoms with Gasteiger partial charge in [-0.05, 0) is 31.8 Å². The molecule has 1 heterocycles. The van der Waals surface area contributed by atoms with E-state index >= 15 is 0 Å². The van der Waals surface area contributed by atoms with E-state index in [1.165, 1.54) is 12.8 Å². The molecule has 0 amide bonds. The fraction of sp³-hybridized carbons (Fsp3) is 1.00. The minimum Gasteiger partial charge on any atom is -0.299 e. The smallest absolute Gasteiger partial charge is 0.221 e. The van der Waals surface area contributed by atoms with Gasteiger partial charge in [0, 0.05) is 12.6 Å². The largest absolute Gasteiger partial charge is 0.299 e. The third kappa shape index (κ3) is 4.31. The van der Waals surface area contributed by atoms with Crippen molar-refractivity contribution in [1.29, 1.82) is 0 Å². The molecule has 0 aromatic rings. The van der Waals surface area contributed by atoms with Crippen molar-refractivity contribution in [3.05, 3.63) is 0 Å². The molecule has 1 saturated heterocycles. The van der Waals surface area contributed by atoms with Crippen molar-refractivity contribution in [3.63, 3.8) is 0 Å². The molecule has 1 fully saturated rings. The van der Waals surface area contributed by atoms with Crippen molar-refractivity contribution in [1.82, 2.24) is 9.62 Å². The van der Waals surface area contributed by atoms with Crippen LogP contribution in [0.1, 0.15) is 26.7 Å². The zero-order valence-corrected chi connectivity index (χ0v) is 12.3. The monoisotopic (exact) mass is 312 g/mol. The average Bonchev–Trinajstić information content (AvgIpc) is 2.71. The lowest BCUT2D eigenvalue weighted by Gasteiger charge is -2.30. The third-order valence-electron chi connectivity index (χ3n) is 3.04. The maximum absolute atomic E-state index is 11.4. The van der Waals surface area contributed by atoms with Crippen molar-refractivity contribution in [3.8, 4) is 0 Å². The summed E-state index contributed by atoms with van der Waals surface area (Å²) in [4.78, 5) is 2.39. The molecule has 0 radical (unpaired) electrons. The van der Waals surface area contributed by atoms with Crippen molar-refractivity contribution in [2.75, 3.05) is 24.3 Å². The van der Waals surface area contributed by atoms with E-state index in [2.05, 4.69) is 39.4 Å². The Balaban J connectivity index is 2.51. The first-order chi connectivity index (χ1) is 7.46. The van der Waals surface area contributed by atoms with Crippen LogP contribution in [0.2, 0.25) is 0 Å². The first kappa shape index (κ1) is 14.4. The average molecular weight is 313 g/mol. The highest BCUT2D eigenvalue weighted by molar-refractivity contribution is 9.10. The van der Waals surface area contributed by atoms with Crippen LogP contribution < -0.4 is 4.72 Å². The van der Waals surface area contributed by atoms with Crippen LogP contribution in [0.3, 0.4) is 0 Å². The van der Waals surface area contributed by atoms with Crippen LogP contribution in [0.25, 0.3) is 0 Å². The summed E-state index contributed by atoms with van der Waals surface area (Å²) in [6.07, 6.45) is 2.46. The van der Waals surface area contributed by atoms with Crippen molar-refractivity contribution < 1.29 is 8.42 Å². The van der Waals surface area contributed by atoms with E-state index in [0.29, 0.717) is 18.5 Å². The topological polar surface area (TPSA) is 49.4 Å². The van der Waals surface area contributed by atoms with Crippen LogP contribution in [0.15, 0.2) is 0 Å².